The van der Waals surface area contributed by atoms with Crippen LogP contribution in [0.4, 0.5) is 5.69 Å². The highest BCUT2D eigenvalue weighted by atomic mass is 16.5. The smallest absolute Gasteiger partial charge is 0.145 e. The second-order valence-corrected chi connectivity index (χ2v) is 7.70. The summed E-state index contributed by atoms with van der Waals surface area (Å²) < 4.78 is 17.3. The molecule has 1 heterocycles. The SMILES string of the molecule is CCCOc1ccc(N2CC(Oc3ccc([C@H](C)CC(C)=O)cc3)C2)c(OC)c1. The van der Waals surface area contributed by atoms with Crippen molar-refractivity contribution in [3.8, 4) is 17.2 Å². The predicted octanol–water partition coefficient (Wildman–Crippen LogP) is 4.83. The van der Waals surface area contributed by atoms with Crippen LogP contribution in [-0.2, 0) is 4.79 Å². The van der Waals surface area contributed by atoms with Crippen molar-refractivity contribution in [1.29, 1.82) is 0 Å². The van der Waals surface area contributed by atoms with E-state index < -0.39 is 0 Å². The molecule has 1 saturated heterocycles. The molecule has 3 rings (SSSR count). The molecule has 0 amide bonds. The Morgan fingerprint density at radius 2 is 1.83 bits per heavy atom. The first-order chi connectivity index (χ1) is 14.0. The third-order valence-electron chi connectivity index (χ3n) is 5.16. The van der Waals surface area contributed by atoms with Crippen LogP contribution in [0.15, 0.2) is 42.5 Å². The van der Waals surface area contributed by atoms with Gasteiger partial charge in [-0.25, -0.2) is 0 Å². The zero-order valence-electron chi connectivity index (χ0n) is 17.8. The van der Waals surface area contributed by atoms with E-state index in [1.807, 2.05) is 30.3 Å². The van der Waals surface area contributed by atoms with Crippen molar-refractivity contribution in [2.24, 2.45) is 0 Å². The van der Waals surface area contributed by atoms with Gasteiger partial charge in [-0.2, -0.15) is 0 Å². The highest BCUT2D eigenvalue weighted by molar-refractivity contribution is 5.76. The minimum atomic E-state index is 0.149. The zero-order valence-corrected chi connectivity index (χ0v) is 17.8. The van der Waals surface area contributed by atoms with E-state index in [2.05, 4.69) is 30.9 Å². The number of hydrogen-bond acceptors (Lipinski definition) is 5. The number of nitrogens with zero attached hydrogens (tertiary/aromatic N) is 1. The Morgan fingerprint density at radius 1 is 1.14 bits per heavy atom. The molecule has 0 spiro atoms. The van der Waals surface area contributed by atoms with E-state index in [0.29, 0.717) is 13.0 Å². The summed E-state index contributed by atoms with van der Waals surface area (Å²) in [6.45, 7) is 8.13. The lowest BCUT2D eigenvalue weighted by Gasteiger charge is -2.41. The van der Waals surface area contributed by atoms with Gasteiger partial charge in [-0.3, -0.25) is 0 Å². The van der Waals surface area contributed by atoms with Gasteiger partial charge in [0.25, 0.3) is 0 Å². The van der Waals surface area contributed by atoms with Crippen LogP contribution in [0.3, 0.4) is 0 Å². The summed E-state index contributed by atoms with van der Waals surface area (Å²) in [5.41, 5.74) is 2.22. The molecular formula is C24H31NO4. The number of carbonyl (C=O) groups is 1. The standard InChI is InChI=1S/C24H31NO4/c1-5-12-28-21-10-11-23(24(14-21)27-4)25-15-22(16-25)29-20-8-6-19(7-9-20)17(2)13-18(3)26/h6-11,14,17,22H,5,12-13,15-16H2,1-4H3/t17-/m1/s1. The maximum Gasteiger partial charge on any atom is 0.145 e. The summed E-state index contributed by atoms with van der Waals surface area (Å²) >= 11 is 0. The fraction of sp³-hybridized carbons (Fsp3) is 0.458. The molecular weight excluding hydrogens is 366 g/mol. The summed E-state index contributed by atoms with van der Waals surface area (Å²) in [5, 5.41) is 0. The van der Waals surface area contributed by atoms with E-state index >= 15 is 0 Å². The van der Waals surface area contributed by atoms with Crippen LogP contribution >= 0.6 is 0 Å². The lowest BCUT2D eigenvalue weighted by molar-refractivity contribution is -0.117. The van der Waals surface area contributed by atoms with E-state index in [1.54, 1.807) is 14.0 Å². The first kappa shape index (κ1) is 21.0. The van der Waals surface area contributed by atoms with Crippen LogP contribution < -0.4 is 19.1 Å². The summed E-state index contributed by atoms with van der Waals surface area (Å²) in [5.74, 6) is 2.97. The fourth-order valence-electron chi connectivity index (χ4n) is 3.55. The maximum atomic E-state index is 11.3. The van der Waals surface area contributed by atoms with Gasteiger partial charge in [0.15, 0.2) is 0 Å². The molecule has 29 heavy (non-hydrogen) atoms. The number of rotatable bonds is 10. The molecule has 1 fully saturated rings. The van der Waals surface area contributed by atoms with E-state index in [9.17, 15) is 4.79 Å². The number of Topliss-reactive ketones (excluding diaryl/α,β-unsaturated/α-hetero) is 1. The van der Waals surface area contributed by atoms with E-state index in [1.165, 1.54) is 0 Å². The fourth-order valence-corrected chi connectivity index (χ4v) is 3.55. The average Bonchev–Trinajstić information content (AvgIpc) is 2.68. The van der Waals surface area contributed by atoms with Gasteiger partial charge in [-0.1, -0.05) is 26.0 Å². The lowest BCUT2D eigenvalue weighted by Crippen LogP contribution is -2.54. The Hall–Kier alpha value is -2.69. The van der Waals surface area contributed by atoms with Crippen LogP contribution in [-0.4, -0.2) is 38.7 Å². The Labute approximate surface area is 173 Å². The van der Waals surface area contributed by atoms with Crippen molar-refractivity contribution in [1.82, 2.24) is 0 Å². The first-order valence-corrected chi connectivity index (χ1v) is 10.3. The molecule has 2 aromatic carbocycles. The highest BCUT2D eigenvalue weighted by Gasteiger charge is 2.30. The largest absolute Gasteiger partial charge is 0.494 e. The van der Waals surface area contributed by atoms with Crippen molar-refractivity contribution in [2.45, 2.75) is 45.6 Å². The van der Waals surface area contributed by atoms with Gasteiger partial charge in [0, 0.05) is 12.5 Å². The quantitative estimate of drug-likeness (QED) is 0.574. The van der Waals surface area contributed by atoms with Gasteiger partial charge in [0.2, 0.25) is 0 Å². The number of hydrogen-bond donors (Lipinski definition) is 0. The van der Waals surface area contributed by atoms with Crippen LogP contribution in [0, 0.1) is 0 Å². The summed E-state index contributed by atoms with van der Waals surface area (Å²) in [7, 11) is 1.69. The minimum Gasteiger partial charge on any atom is -0.494 e. The average molecular weight is 398 g/mol. The number of ether oxygens (including phenoxy) is 3. The summed E-state index contributed by atoms with van der Waals surface area (Å²) in [6.07, 6.45) is 1.70. The van der Waals surface area contributed by atoms with Crippen LogP contribution in [0.2, 0.25) is 0 Å². The highest BCUT2D eigenvalue weighted by Crippen LogP contribution is 2.35. The number of benzene rings is 2. The van der Waals surface area contributed by atoms with Gasteiger partial charge in [-0.15, -0.1) is 0 Å². The topological polar surface area (TPSA) is 48.0 Å². The predicted molar refractivity (Wildman–Crippen MR) is 116 cm³/mol. The first-order valence-electron chi connectivity index (χ1n) is 10.3. The van der Waals surface area contributed by atoms with Crippen molar-refractivity contribution in [2.75, 3.05) is 31.7 Å². The van der Waals surface area contributed by atoms with Gasteiger partial charge < -0.3 is 23.9 Å². The van der Waals surface area contributed by atoms with E-state index in [4.69, 9.17) is 14.2 Å². The molecule has 0 N–H and O–H groups in total. The van der Waals surface area contributed by atoms with Crippen LogP contribution in [0.5, 0.6) is 17.2 Å². The molecule has 1 aliphatic heterocycles. The van der Waals surface area contributed by atoms with Gasteiger partial charge in [0.05, 0.1) is 32.5 Å². The van der Waals surface area contributed by atoms with Gasteiger partial charge >= 0.3 is 0 Å². The molecule has 5 heteroatoms. The van der Waals surface area contributed by atoms with E-state index in [0.717, 1.165) is 48.0 Å². The van der Waals surface area contributed by atoms with Crippen molar-refractivity contribution < 1.29 is 19.0 Å². The monoisotopic (exact) mass is 397 g/mol. The normalized spacial score (nSPS) is 14.8. The third-order valence-corrected chi connectivity index (χ3v) is 5.16. The van der Waals surface area contributed by atoms with Gasteiger partial charge in [0.1, 0.15) is 29.1 Å². The molecule has 0 radical (unpaired) electrons. The lowest BCUT2D eigenvalue weighted by atomic mass is 9.96. The van der Waals surface area contributed by atoms with Crippen LogP contribution in [0.1, 0.15) is 45.1 Å². The van der Waals surface area contributed by atoms with Gasteiger partial charge in [-0.05, 0) is 49.1 Å². The Balaban J connectivity index is 1.54. The third kappa shape index (κ3) is 5.43. The van der Waals surface area contributed by atoms with E-state index in [-0.39, 0.29) is 17.8 Å². The van der Waals surface area contributed by atoms with Crippen molar-refractivity contribution >= 4 is 11.5 Å². The molecule has 1 aliphatic rings. The Kier molecular flexibility index (Phi) is 7.02. The summed E-state index contributed by atoms with van der Waals surface area (Å²) in [6, 6.07) is 14.1. The number of anilines is 1. The Morgan fingerprint density at radius 3 is 2.45 bits per heavy atom. The molecule has 156 valence electrons. The molecule has 1 atom stereocenters. The van der Waals surface area contributed by atoms with Crippen LogP contribution in [0.25, 0.3) is 0 Å². The number of carbonyl (C=O) groups excluding carboxylic acids is 1. The molecule has 0 unspecified atom stereocenters. The Bertz CT molecular complexity index is 812. The summed E-state index contributed by atoms with van der Waals surface area (Å²) in [4.78, 5) is 13.5. The van der Waals surface area contributed by atoms with Crippen molar-refractivity contribution in [3.05, 3.63) is 48.0 Å². The second kappa shape index (κ2) is 9.68. The number of ketones is 1. The minimum absolute atomic E-state index is 0.149. The second-order valence-electron chi connectivity index (χ2n) is 7.70. The zero-order chi connectivity index (χ0) is 20.8. The molecule has 5 nitrogen and oxygen atoms in total. The molecule has 0 bridgehead atoms. The molecule has 0 aromatic heterocycles. The number of methoxy groups -OCH3 is 1. The molecule has 0 aliphatic carbocycles. The maximum absolute atomic E-state index is 11.3. The molecule has 2 aromatic rings. The van der Waals surface area contributed by atoms with Crippen molar-refractivity contribution in [3.63, 3.8) is 0 Å². The molecule has 0 saturated carbocycles.